The van der Waals surface area contributed by atoms with Crippen LogP contribution in [0.3, 0.4) is 0 Å². The number of carbonyl (C=O) groups is 1. The van der Waals surface area contributed by atoms with Gasteiger partial charge in [0.15, 0.2) is 11.6 Å². The molecule has 5 nitrogen and oxygen atoms in total. The summed E-state index contributed by atoms with van der Waals surface area (Å²) in [5, 5.41) is 4.80. The third-order valence-corrected chi connectivity index (χ3v) is 2.40. The van der Waals surface area contributed by atoms with Crippen LogP contribution in [-0.4, -0.2) is 22.9 Å². The minimum absolute atomic E-state index is 0.0897. The van der Waals surface area contributed by atoms with Crippen molar-refractivity contribution in [1.29, 1.82) is 0 Å². The summed E-state index contributed by atoms with van der Waals surface area (Å²) >= 11 is 0. The van der Waals surface area contributed by atoms with Crippen LogP contribution in [0.25, 0.3) is 0 Å². The molecule has 0 saturated carbocycles. The highest BCUT2D eigenvalue weighted by Crippen LogP contribution is 2.18. The number of carbonyl (C=O) groups excluding carboxylic acids is 1. The fourth-order valence-corrected chi connectivity index (χ4v) is 1.38. The Labute approximate surface area is 111 Å². The topological polar surface area (TPSA) is 66.9 Å². The molecule has 1 aromatic carbocycles. The first-order chi connectivity index (χ1) is 9.51. The summed E-state index contributed by atoms with van der Waals surface area (Å²) in [4.78, 5) is 19.4. The third-order valence-electron chi connectivity index (χ3n) is 2.40. The minimum Gasteiger partial charge on any atom is -0.372 e. The molecule has 1 heterocycles. The van der Waals surface area contributed by atoms with Crippen molar-refractivity contribution in [2.75, 3.05) is 17.7 Å². The van der Waals surface area contributed by atoms with Gasteiger partial charge >= 0.3 is 0 Å². The summed E-state index contributed by atoms with van der Waals surface area (Å²) in [6.07, 6.45) is 2.47. The molecule has 2 N–H and O–H groups in total. The summed E-state index contributed by atoms with van der Waals surface area (Å²) in [6.45, 7) is 0. The van der Waals surface area contributed by atoms with Crippen LogP contribution < -0.4 is 10.6 Å². The Morgan fingerprint density at radius 3 is 2.35 bits per heavy atom. The van der Waals surface area contributed by atoms with E-state index < -0.39 is 29.0 Å². The Morgan fingerprint density at radius 2 is 1.75 bits per heavy atom. The maximum Gasteiger partial charge on any atom is 0.275 e. The van der Waals surface area contributed by atoms with Gasteiger partial charge < -0.3 is 10.6 Å². The Hall–Kier alpha value is -2.64. The molecular weight excluding hydrogens is 273 g/mol. The van der Waals surface area contributed by atoms with Gasteiger partial charge in [0.25, 0.3) is 5.91 Å². The first kappa shape index (κ1) is 13.8. The lowest BCUT2D eigenvalue weighted by atomic mass is 10.2. The van der Waals surface area contributed by atoms with E-state index in [1.54, 1.807) is 7.05 Å². The van der Waals surface area contributed by atoms with E-state index in [1.165, 1.54) is 12.4 Å². The highest BCUT2D eigenvalue weighted by molar-refractivity contribution is 6.02. The van der Waals surface area contributed by atoms with Crippen molar-refractivity contribution in [3.05, 3.63) is 47.7 Å². The normalized spacial score (nSPS) is 10.2. The second-order valence-corrected chi connectivity index (χ2v) is 3.74. The molecule has 2 rings (SSSR count). The van der Waals surface area contributed by atoms with E-state index in [2.05, 4.69) is 20.6 Å². The highest BCUT2D eigenvalue weighted by atomic mass is 19.2. The molecule has 0 aliphatic heterocycles. The highest BCUT2D eigenvalue weighted by Gasteiger charge is 2.14. The predicted molar refractivity (Wildman–Crippen MR) is 65.8 cm³/mol. The van der Waals surface area contributed by atoms with E-state index in [1.807, 2.05) is 0 Å². The summed E-state index contributed by atoms with van der Waals surface area (Å²) in [7, 11) is 1.63. The molecular formula is C12H9F3N4O. The second-order valence-electron chi connectivity index (χ2n) is 3.74. The molecule has 0 aliphatic rings. The summed E-state index contributed by atoms with van der Waals surface area (Å²) < 4.78 is 39.1. The number of hydrogen-bond donors (Lipinski definition) is 2. The number of nitrogens with zero attached hydrogens (tertiary/aromatic N) is 2. The van der Waals surface area contributed by atoms with Crippen LogP contribution in [0.2, 0.25) is 0 Å². The van der Waals surface area contributed by atoms with Crippen molar-refractivity contribution in [3.8, 4) is 0 Å². The number of aromatic nitrogens is 2. The largest absolute Gasteiger partial charge is 0.372 e. The number of anilines is 2. The van der Waals surface area contributed by atoms with Gasteiger partial charge in [0.1, 0.15) is 17.3 Å². The lowest BCUT2D eigenvalue weighted by molar-refractivity contribution is 0.102. The Kier molecular flexibility index (Phi) is 3.83. The zero-order valence-electron chi connectivity index (χ0n) is 10.2. The SMILES string of the molecule is CNc1cnc(C(=O)Nc2cc(F)c(F)cc2F)cn1. The van der Waals surface area contributed by atoms with Crippen molar-refractivity contribution in [1.82, 2.24) is 9.97 Å². The molecule has 0 radical (unpaired) electrons. The smallest absolute Gasteiger partial charge is 0.275 e. The molecule has 8 heteroatoms. The van der Waals surface area contributed by atoms with Crippen LogP contribution in [0.4, 0.5) is 24.7 Å². The van der Waals surface area contributed by atoms with Crippen LogP contribution >= 0.6 is 0 Å². The zero-order chi connectivity index (χ0) is 14.7. The maximum absolute atomic E-state index is 13.4. The van der Waals surface area contributed by atoms with E-state index in [-0.39, 0.29) is 5.69 Å². The van der Waals surface area contributed by atoms with Crippen LogP contribution in [-0.2, 0) is 0 Å². The molecule has 0 spiro atoms. The number of rotatable bonds is 3. The number of nitrogens with one attached hydrogen (secondary N) is 2. The van der Waals surface area contributed by atoms with Gasteiger partial charge in [-0.25, -0.2) is 23.1 Å². The standard InChI is InChI=1S/C12H9F3N4O/c1-16-11-5-17-10(4-18-11)12(20)19-9-3-7(14)6(13)2-8(9)15/h2-5H,1H3,(H,16,18)(H,19,20). The molecule has 1 aromatic heterocycles. The Balaban J connectivity index is 2.20. The van der Waals surface area contributed by atoms with E-state index in [0.717, 1.165) is 0 Å². The van der Waals surface area contributed by atoms with Crippen LogP contribution in [0.5, 0.6) is 0 Å². The minimum atomic E-state index is -1.33. The quantitative estimate of drug-likeness (QED) is 0.847. The van der Waals surface area contributed by atoms with Crippen LogP contribution in [0, 0.1) is 17.5 Å². The van der Waals surface area contributed by atoms with Crippen molar-refractivity contribution in [3.63, 3.8) is 0 Å². The van der Waals surface area contributed by atoms with Gasteiger partial charge in [-0.2, -0.15) is 0 Å². The van der Waals surface area contributed by atoms with Gasteiger partial charge in [-0.15, -0.1) is 0 Å². The average Bonchev–Trinajstić information content (AvgIpc) is 2.44. The molecule has 104 valence electrons. The van der Waals surface area contributed by atoms with Gasteiger partial charge in [0.2, 0.25) is 0 Å². The summed E-state index contributed by atoms with van der Waals surface area (Å²) in [6, 6.07) is 0.901. The molecule has 0 atom stereocenters. The van der Waals surface area contributed by atoms with Gasteiger partial charge in [0.05, 0.1) is 18.1 Å². The van der Waals surface area contributed by atoms with Crippen LogP contribution in [0.15, 0.2) is 24.5 Å². The van der Waals surface area contributed by atoms with Gasteiger partial charge in [-0.1, -0.05) is 0 Å². The monoisotopic (exact) mass is 282 g/mol. The van der Waals surface area contributed by atoms with Crippen molar-refractivity contribution in [2.45, 2.75) is 0 Å². The lowest BCUT2D eigenvalue weighted by Crippen LogP contribution is -2.15. The summed E-state index contributed by atoms with van der Waals surface area (Å²) in [5.41, 5.74) is -0.568. The fraction of sp³-hybridized carbons (Fsp3) is 0.0833. The summed E-state index contributed by atoms with van der Waals surface area (Å²) in [5.74, 6) is -4.03. The van der Waals surface area contributed by atoms with Gasteiger partial charge in [-0.05, 0) is 0 Å². The first-order valence-electron chi connectivity index (χ1n) is 5.47. The molecule has 0 aliphatic carbocycles. The number of hydrogen-bond acceptors (Lipinski definition) is 4. The number of benzene rings is 1. The maximum atomic E-state index is 13.4. The van der Waals surface area contributed by atoms with Crippen molar-refractivity contribution in [2.24, 2.45) is 0 Å². The predicted octanol–water partition coefficient (Wildman–Crippen LogP) is 2.19. The average molecular weight is 282 g/mol. The second kappa shape index (κ2) is 5.55. The van der Waals surface area contributed by atoms with Crippen molar-refractivity contribution < 1.29 is 18.0 Å². The third kappa shape index (κ3) is 2.85. The molecule has 20 heavy (non-hydrogen) atoms. The molecule has 0 saturated heterocycles. The van der Waals surface area contributed by atoms with Gasteiger partial charge in [-0.3, -0.25) is 4.79 Å². The van der Waals surface area contributed by atoms with E-state index >= 15 is 0 Å². The van der Waals surface area contributed by atoms with E-state index in [9.17, 15) is 18.0 Å². The van der Waals surface area contributed by atoms with Gasteiger partial charge in [0, 0.05) is 19.2 Å². The zero-order valence-corrected chi connectivity index (χ0v) is 10.2. The lowest BCUT2D eigenvalue weighted by Gasteiger charge is -2.06. The van der Waals surface area contributed by atoms with E-state index in [4.69, 9.17) is 0 Å². The van der Waals surface area contributed by atoms with Crippen LogP contribution in [0.1, 0.15) is 10.5 Å². The number of amides is 1. The van der Waals surface area contributed by atoms with E-state index in [0.29, 0.717) is 18.0 Å². The molecule has 1 amide bonds. The molecule has 0 unspecified atom stereocenters. The van der Waals surface area contributed by atoms with Crippen molar-refractivity contribution >= 4 is 17.4 Å². The molecule has 0 fully saturated rings. The first-order valence-corrected chi connectivity index (χ1v) is 5.47. The molecule has 2 aromatic rings. The Bertz CT molecular complexity index is 646. The number of halogens is 3. The molecule has 0 bridgehead atoms. The fourth-order valence-electron chi connectivity index (χ4n) is 1.38. The Morgan fingerprint density at radius 1 is 1.05 bits per heavy atom.